The zero-order valence-corrected chi connectivity index (χ0v) is 13.1. The minimum atomic E-state index is -4.42. The molecule has 0 saturated carbocycles. The number of halogens is 3. The number of hydrogen-bond acceptors (Lipinski definition) is 4. The number of carbonyl (C=O) groups is 1. The molecule has 0 aliphatic carbocycles. The quantitative estimate of drug-likeness (QED) is 0.862. The van der Waals surface area contributed by atoms with E-state index in [4.69, 9.17) is 4.74 Å². The number of esters is 1. The third-order valence-electron chi connectivity index (χ3n) is 4.09. The van der Waals surface area contributed by atoms with Crippen LogP contribution in [0, 0.1) is 5.92 Å². The van der Waals surface area contributed by atoms with Gasteiger partial charge in [-0.3, -0.25) is 4.79 Å². The summed E-state index contributed by atoms with van der Waals surface area (Å²) in [5.41, 5.74) is -0.152. The molecule has 2 rings (SSSR count). The Morgan fingerprint density at radius 3 is 2.61 bits per heavy atom. The van der Waals surface area contributed by atoms with Crippen LogP contribution in [0.4, 0.5) is 13.2 Å². The van der Waals surface area contributed by atoms with Gasteiger partial charge in [0.1, 0.15) is 5.75 Å². The molecule has 0 aromatic heterocycles. The maximum Gasteiger partial charge on any atom is 0.416 e. The van der Waals surface area contributed by atoms with Crippen molar-refractivity contribution in [1.82, 2.24) is 5.32 Å². The molecule has 1 aliphatic heterocycles. The number of benzene rings is 1. The maximum absolute atomic E-state index is 13.0. The molecule has 1 aromatic rings. The second-order valence-corrected chi connectivity index (χ2v) is 5.73. The lowest BCUT2D eigenvalue weighted by Crippen LogP contribution is -2.36. The summed E-state index contributed by atoms with van der Waals surface area (Å²) < 4.78 is 48.7. The predicted octanol–water partition coefficient (Wildman–Crippen LogP) is 2.97. The Hall–Kier alpha value is -1.76. The van der Waals surface area contributed by atoms with Crippen molar-refractivity contribution in [2.75, 3.05) is 27.3 Å². The molecule has 4 nitrogen and oxygen atoms in total. The van der Waals surface area contributed by atoms with Crippen LogP contribution in [0.1, 0.15) is 29.9 Å². The molecule has 0 amide bonds. The Kier molecular flexibility index (Phi) is 5.51. The lowest BCUT2D eigenvalue weighted by atomic mass is 9.83. The van der Waals surface area contributed by atoms with Crippen molar-refractivity contribution in [3.05, 3.63) is 29.3 Å². The average Bonchev–Trinajstić information content (AvgIpc) is 2.53. The van der Waals surface area contributed by atoms with E-state index in [-0.39, 0.29) is 30.0 Å². The third-order valence-corrected chi connectivity index (χ3v) is 4.09. The van der Waals surface area contributed by atoms with Gasteiger partial charge in [-0.2, -0.15) is 13.2 Å². The Balaban J connectivity index is 2.21. The highest BCUT2D eigenvalue weighted by atomic mass is 19.4. The van der Waals surface area contributed by atoms with Crippen LogP contribution in [0.5, 0.6) is 5.75 Å². The standard InChI is InChI=1S/C16H20F3NO3/c1-22-14-6-11(5-13(7-14)16(17,18)19)12-3-10(8-20-9-12)4-15(21)23-2/h5-7,10,12,20H,3-4,8-9H2,1-2H3. The molecule has 1 N–H and O–H groups in total. The van der Waals surface area contributed by atoms with Crippen LogP contribution in [-0.2, 0) is 15.7 Å². The molecule has 128 valence electrons. The number of methoxy groups -OCH3 is 2. The largest absolute Gasteiger partial charge is 0.497 e. The highest BCUT2D eigenvalue weighted by Gasteiger charge is 2.33. The Morgan fingerprint density at radius 2 is 2.00 bits per heavy atom. The van der Waals surface area contributed by atoms with E-state index in [1.165, 1.54) is 14.2 Å². The number of ether oxygens (including phenoxy) is 2. The lowest BCUT2D eigenvalue weighted by Gasteiger charge is -2.30. The van der Waals surface area contributed by atoms with Crippen LogP contribution in [0.25, 0.3) is 0 Å². The molecular weight excluding hydrogens is 311 g/mol. The fourth-order valence-electron chi connectivity index (χ4n) is 2.90. The molecule has 1 aromatic carbocycles. The zero-order chi connectivity index (χ0) is 17.0. The SMILES string of the molecule is COC(=O)CC1CNCC(c2cc(OC)cc(C(F)(F)F)c2)C1. The molecule has 1 aliphatic rings. The topological polar surface area (TPSA) is 47.6 Å². The minimum absolute atomic E-state index is 0.0433. The van der Waals surface area contributed by atoms with Gasteiger partial charge in [0.15, 0.2) is 0 Å². The highest BCUT2D eigenvalue weighted by Crippen LogP contribution is 2.36. The van der Waals surface area contributed by atoms with Crippen LogP contribution < -0.4 is 10.1 Å². The van der Waals surface area contributed by atoms with Gasteiger partial charge < -0.3 is 14.8 Å². The first-order chi connectivity index (χ1) is 10.8. The first kappa shape index (κ1) is 17.6. The van der Waals surface area contributed by atoms with Gasteiger partial charge in [-0.25, -0.2) is 0 Å². The lowest BCUT2D eigenvalue weighted by molar-refractivity contribution is -0.142. The average molecular weight is 331 g/mol. The summed E-state index contributed by atoms with van der Waals surface area (Å²) in [5.74, 6) is -0.180. The summed E-state index contributed by atoms with van der Waals surface area (Å²) in [5, 5.41) is 3.18. The van der Waals surface area contributed by atoms with Gasteiger partial charge in [0.25, 0.3) is 0 Å². The smallest absolute Gasteiger partial charge is 0.416 e. The second-order valence-electron chi connectivity index (χ2n) is 5.73. The number of nitrogens with one attached hydrogen (secondary N) is 1. The van der Waals surface area contributed by atoms with Crippen LogP contribution in [0.2, 0.25) is 0 Å². The Bertz CT molecular complexity index is 560. The van der Waals surface area contributed by atoms with Crippen LogP contribution >= 0.6 is 0 Å². The van der Waals surface area contributed by atoms with Gasteiger partial charge in [-0.1, -0.05) is 0 Å². The van der Waals surface area contributed by atoms with Crippen molar-refractivity contribution in [3.63, 3.8) is 0 Å². The van der Waals surface area contributed by atoms with Crippen molar-refractivity contribution < 1.29 is 27.4 Å². The van der Waals surface area contributed by atoms with Crippen molar-refractivity contribution in [2.45, 2.75) is 24.9 Å². The van der Waals surface area contributed by atoms with E-state index in [0.717, 1.165) is 12.1 Å². The third kappa shape index (κ3) is 4.60. The van der Waals surface area contributed by atoms with E-state index in [2.05, 4.69) is 10.1 Å². The van der Waals surface area contributed by atoms with Gasteiger partial charge in [-0.15, -0.1) is 0 Å². The number of rotatable bonds is 4. The van der Waals surface area contributed by atoms with E-state index in [9.17, 15) is 18.0 Å². The first-order valence-electron chi connectivity index (χ1n) is 7.37. The molecule has 2 atom stereocenters. The van der Waals surface area contributed by atoms with Crippen molar-refractivity contribution in [3.8, 4) is 5.75 Å². The summed E-state index contributed by atoms with van der Waals surface area (Å²) in [6, 6.07) is 3.78. The molecule has 1 fully saturated rings. The van der Waals surface area contributed by atoms with E-state index in [0.29, 0.717) is 25.1 Å². The molecule has 2 unspecified atom stereocenters. The van der Waals surface area contributed by atoms with Gasteiger partial charge in [-0.05, 0) is 48.6 Å². The fraction of sp³-hybridized carbons (Fsp3) is 0.562. The van der Waals surface area contributed by atoms with E-state index in [1.807, 2.05) is 0 Å². The monoisotopic (exact) mass is 331 g/mol. The van der Waals surface area contributed by atoms with Gasteiger partial charge >= 0.3 is 12.1 Å². The van der Waals surface area contributed by atoms with E-state index < -0.39 is 11.7 Å². The predicted molar refractivity (Wildman–Crippen MR) is 78.3 cm³/mol. The molecule has 1 heterocycles. The zero-order valence-electron chi connectivity index (χ0n) is 13.1. The second kappa shape index (κ2) is 7.21. The summed E-state index contributed by atoms with van der Waals surface area (Å²) in [4.78, 5) is 11.4. The summed E-state index contributed by atoms with van der Waals surface area (Å²) >= 11 is 0. The van der Waals surface area contributed by atoms with Crippen LogP contribution in [0.3, 0.4) is 0 Å². The van der Waals surface area contributed by atoms with E-state index in [1.54, 1.807) is 6.07 Å². The normalized spacial score (nSPS) is 21.8. The van der Waals surface area contributed by atoms with Crippen molar-refractivity contribution in [2.24, 2.45) is 5.92 Å². The van der Waals surface area contributed by atoms with Gasteiger partial charge in [0.2, 0.25) is 0 Å². The van der Waals surface area contributed by atoms with Crippen LogP contribution in [0.15, 0.2) is 18.2 Å². The number of carbonyl (C=O) groups excluding carboxylic acids is 1. The molecule has 0 bridgehead atoms. The summed E-state index contributed by atoms with van der Waals surface area (Å²) in [7, 11) is 2.67. The molecule has 0 spiro atoms. The van der Waals surface area contributed by atoms with Gasteiger partial charge in [0.05, 0.1) is 19.8 Å². The summed E-state index contributed by atoms with van der Waals surface area (Å²) in [6.07, 6.45) is -3.53. The molecule has 7 heteroatoms. The fourth-order valence-corrected chi connectivity index (χ4v) is 2.90. The number of piperidine rings is 1. The molecule has 1 saturated heterocycles. The minimum Gasteiger partial charge on any atom is -0.497 e. The van der Waals surface area contributed by atoms with Gasteiger partial charge in [0, 0.05) is 13.0 Å². The van der Waals surface area contributed by atoms with Crippen LogP contribution in [-0.4, -0.2) is 33.3 Å². The van der Waals surface area contributed by atoms with Crippen molar-refractivity contribution >= 4 is 5.97 Å². The Morgan fingerprint density at radius 1 is 1.26 bits per heavy atom. The molecule has 0 radical (unpaired) electrons. The molecular formula is C16H20F3NO3. The van der Waals surface area contributed by atoms with Crippen molar-refractivity contribution in [1.29, 1.82) is 0 Å². The maximum atomic E-state index is 13.0. The van der Waals surface area contributed by atoms with E-state index >= 15 is 0 Å². The number of alkyl halides is 3. The first-order valence-corrected chi connectivity index (χ1v) is 7.37. The summed E-state index contributed by atoms with van der Waals surface area (Å²) in [6.45, 7) is 1.23. The number of hydrogen-bond donors (Lipinski definition) is 1. The highest BCUT2D eigenvalue weighted by molar-refractivity contribution is 5.69. The Labute approximate surface area is 133 Å². The molecule has 23 heavy (non-hydrogen) atoms.